The first-order valence-electron chi connectivity index (χ1n) is 6.38. The van der Waals surface area contributed by atoms with Crippen LogP contribution in [0.1, 0.15) is 19.4 Å². The lowest BCUT2D eigenvalue weighted by Gasteiger charge is -2.05. The Balaban J connectivity index is 0. The van der Waals surface area contributed by atoms with Crippen LogP contribution in [0.5, 0.6) is 5.75 Å². The van der Waals surface area contributed by atoms with E-state index >= 15 is 0 Å². The zero-order valence-corrected chi connectivity index (χ0v) is 13.4. The van der Waals surface area contributed by atoms with Crippen molar-refractivity contribution in [1.29, 1.82) is 0 Å². The summed E-state index contributed by atoms with van der Waals surface area (Å²) in [6.07, 6.45) is 2.10. The summed E-state index contributed by atoms with van der Waals surface area (Å²) in [5.74, 6) is 0.120. The highest BCUT2D eigenvalue weighted by atomic mass is 32.3. The van der Waals surface area contributed by atoms with E-state index in [0.717, 1.165) is 13.2 Å². The molecule has 21 heavy (non-hydrogen) atoms. The van der Waals surface area contributed by atoms with Crippen LogP contribution >= 0.6 is 0 Å². The van der Waals surface area contributed by atoms with Gasteiger partial charge in [0.1, 0.15) is 5.75 Å². The number of hydrogen-bond donors (Lipinski definition) is 1. The van der Waals surface area contributed by atoms with E-state index in [-0.39, 0.29) is 5.75 Å². The van der Waals surface area contributed by atoms with Gasteiger partial charge in [-0.3, -0.25) is 4.55 Å². The summed E-state index contributed by atoms with van der Waals surface area (Å²) in [4.78, 5) is 0. The molecule has 0 saturated heterocycles. The number of allylic oxidation sites excluding steroid dienone is 1. The lowest BCUT2D eigenvalue weighted by atomic mass is 10.1. The van der Waals surface area contributed by atoms with E-state index in [4.69, 9.17) is 9.29 Å². The van der Waals surface area contributed by atoms with Crippen molar-refractivity contribution in [3.63, 3.8) is 0 Å². The van der Waals surface area contributed by atoms with E-state index in [2.05, 4.69) is 23.9 Å². The van der Waals surface area contributed by atoms with Crippen molar-refractivity contribution in [3.8, 4) is 5.75 Å². The number of ether oxygens (including phenoxy) is 1. The maximum Gasteiger partial charge on any atom is 0.446 e. The Labute approximate surface area is 127 Å². The molecule has 120 valence electrons. The Kier molecular flexibility index (Phi) is 13.8. The standard InChI is InChI=1S/C9H10O4S.C4H10O.C2H4/c1-2-5-8-6-3-4-7-9(8)13-14(10,11)12;1-3-5-4-2;1-2/h2-4,6-7H,1,5H2,(H,10,11,12);3-4H2,1-2H3;1-2H2. The predicted molar refractivity (Wildman–Crippen MR) is 85.9 cm³/mol. The maximum absolute atomic E-state index is 10.5. The molecule has 0 amide bonds. The first-order valence-corrected chi connectivity index (χ1v) is 7.74. The van der Waals surface area contributed by atoms with Gasteiger partial charge in [0.15, 0.2) is 0 Å². The van der Waals surface area contributed by atoms with Gasteiger partial charge in [-0.1, -0.05) is 24.3 Å². The van der Waals surface area contributed by atoms with Crippen LogP contribution in [0.15, 0.2) is 50.1 Å². The monoisotopic (exact) mass is 316 g/mol. The highest BCUT2D eigenvalue weighted by Gasteiger charge is 2.09. The lowest BCUT2D eigenvalue weighted by molar-refractivity contribution is 0.162. The third-order valence-electron chi connectivity index (χ3n) is 1.94. The molecular weight excluding hydrogens is 292 g/mol. The maximum atomic E-state index is 10.5. The third kappa shape index (κ3) is 13.1. The zero-order valence-electron chi connectivity index (χ0n) is 12.6. The summed E-state index contributed by atoms with van der Waals surface area (Å²) in [6.45, 7) is 15.2. The first kappa shape index (κ1) is 21.7. The van der Waals surface area contributed by atoms with Crippen LogP contribution in [0.2, 0.25) is 0 Å². The second-order valence-corrected chi connectivity index (χ2v) is 4.42. The van der Waals surface area contributed by atoms with Crippen molar-refractivity contribution in [2.75, 3.05) is 13.2 Å². The summed E-state index contributed by atoms with van der Waals surface area (Å²) >= 11 is 0. The smallest absolute Gasteiger partial charge is 0.382 e. The van der Waals surface area contributed by atoms with Gasteiger partial charge < -0.3 is 8.92 Å². The van der Waals surface area contributed by atoms with Gasteiger partial charge in [-0.05, 0) is 31.9 Å². The van der Waals surface area contributed by atoms with Gasteiger partial charge in [-0.25, -0.2) is 0 Å². The van der Waals surface area contributed by atoms with Gasteiger partial charge in [0.25, 0.3) is 0 Å². The van der Waals surface area contributed by atoms with Gasteiger partial charge in [0.05, 0.1) is 0 Å². The predicted octanol–water partition coefficient (Wildman–Crippen LogP) is 3.44. The summed E-state index contributed by atoms with van der Waals surface area (Å²) in [5, 5.41) is 0. The molecule has 0 unspecified atom stereocenters. The fourth-order valence-electron chi connectivity index (χ4n) is 1.23. The molecule has 6 heteroatoms. The molecule has 0 radical (unpaired) electrons. The minimum Gasteiger partial charge on any atom is -0.382 e. The molecule has 0 aromatic heterocycles. The van der Waals surface area contributed by atoms with Gasteiger partial charge in [-0.15, -0.1) is 19.7 Å². The highest BCUT2D eigenvalue weighted by molar-refractivity contribution is 7.81. The van der Waals surface area contributed by atoms with E-state index in [0.29, 0.717) is 12.0 Å². The summed E-state index contributed by atoms with van der Waals surface area (Å²) in [7, 11) is -4.45. The number of hydrogen-bond acceptors (Lipinski definition) is 4. The van der Waals surface area contributed by atoms with E-state index in [1.165, 1.54) is 6.07 Å². The summed E-state index contributed by atoms with van der Waals surface area (Å²) in [5.41, 5.74) is 0.653. The largest absolute Gasteiger partial charge is 0.446 e. The number of benzene rings is 1. The molecule has 0 fully saturated rings. The summed E-state index contributed by atoms with van der Waals surface area (Å²) in [6, 6.07) is 6.53. The van der Waals surface area contributed by atoms with Gasteiger partial charge in [-0.2, -0.15) is 8.42 Å². The second-order valence-electron chi connectivity index (χ2n) is 3.39. The first-order chi connectivity index (χ1) is 9.94. The van der Waals surface area contributed by atoms with Crippen molar-refractivity contribution in [2.24, 2.45) is 0 Å². The Morgan fingerprint density at radius 3 is 2.10 bits per heavy atom. The molecule has 1 N–H and O–H groups in total. The van der Waals surface area contributed by atoms with Gasteiger partial charge in [0, 0.05) is 13.2 Å². The van der Waals surface area contributed by atoms with E-state index in [1.807, 2.05) is 13.8 Å². The van der Waals surface area contributed by atoms with Gasteiger partial charge >= 0.3 is 10.4 Å². The molecule has 1 aromatic rings. The zero-order chi connectivity index (χ0) is 16.7. The SMILES string of the molecule is C=C.C=CCc1ccccc1OS(=O)(=O)O.CCOCC. The molecule has 0 aliphatic rings. The lowest BCUT2D eigenvalue weighted by Crippen LogP contribution is -2.08. The summed E-state index contributed by atoms with van der Waals surface area (Å²) < 4.78 is 38.6. The number of rotatable bonds is 6. The molecular formula is C15H24O5S. The van der Waals surface area contributed by atoms with Crippen molar-refractivity contribution >= 4 is 10.4 Å². The number of para-hydroxylation sites is 1. The minimum atomic E-state index is -4.45. The van der Waals surface area contributed by atoms with Crippen molar-refractivity contribution in [1.82, 2.24) is 0 Å². The quantitative estimate of drug-likeness (QED) is 0.643. The normalized spacial score (nSPS) is 9.48. The Morgan fingerprint density at radius 2 is 1.71 bits per heavy atom. The molecule has 0 saturated carbocycles. The van der Waals surface area contributed by atoms with Gasteiger partial charge in [0.2, 0.25) is 0 Å². The molecule has 5 nitrogen and oxygen atoms in total. The molecule has 0 bridgehead atoms. The highest BCUT2D eigenvalue weighted by Crippen LogP contribution is 2.19. The van der Waals surface area contributed by atoms with Crippen LogP contribution in [0.4, 0.5) is 0 Å². The molecule has 0 aliphatic carbocycles. The Hall–Kier alpha value is -1.63. The molecule has 0 atom stereocenters. The van der Waals surface area contributed by atoms with E-state index in [1.54, 1.807) is 24.3 Å². The van der Waals surface area contributed by atoms with Crippen LogP contribution in [-0.4, -0.2) is 26.2 Å². The molecule has 1 rings (SSSR count). The van der Waals surface area contributed by atoms with Crippen LogP contribution in [0, 0.1) is 0 Å². The van der Waals surface area contributed by atoms with Crippen LogP contribution in [0.25, 0.3) is 0 Å². The average Bonchev–Trinajstić information content (AvgIpc) is 2.44. The Morgan fingerprint density at radius 1 is 1.19 bits per heavy atom. The van der Waals surface area contributed by atoms with Crippen molar-refractivity contribution < 1.29 is 21.9 Å². The van der Waals surface area contributed by atoms with Crippen LogP contribution in [0.3, 0.4) is 0 Å². The van der Waals surface area contributed by atoms with Crippen molar-refractivity contribution in [3.05, 3.63) is 55.6 Å². The fourth-order valence-corrected chi connectivity index (χ4v) is 1.62. The topological polar surface area (TPSA) is 72.8 Å². The molecule has 1 aromatic carbocycles. The second kappa shape index (κ2) is 13.4. The molecule has 0 aliphatic heterocycles. The minimum absolute atomic E-state index is 0.120. The van der Waals surface area contributed by atoms with E-state index < -0.39 is 10.4 Å². The average molecular weight is 316 g/mol. The van der Waals surface area contributed by atoms with Crippen molar-refractivity contribution in [2.45, 2.75) is 20.3 Å². The van der Waals surface area contributed by atoms with Crippen LogP contribution < -0.4 is 4.18 Å². The van der Waals surface area contributed by atoms with E-state index in [9.17, 15) is 8.42 Å². The van der Waals surface area contributed by atoms with Crippen LogP contribution in [-0.2, 0) is 21.6 Å². The third-order valence-corrected chi connectivity index (χ3v) is 2.33. The molecule has 0 spiro atoms. The molecule has 0 heterocycles. The Bertz CT molecular complexity index is 481. The fraction of sp³-hybridized carbons (Fsp3) is 0.333.